The molecule has 0 spiro atoms. The molecule has 1 aliphatic rings. The maximum atomic E-state index is 8.88. The quantitative estimate of drug-likeness (QED) is 0.864. The Morgan fingerprint density at radius 2 is 2.00 bits per heavy atom. The fourth-order valence-corrected chi connectivity index (χ4v) is 1.93. The van der Waals surface area contributed by atoms with E-state index in [2.05, 4.69) is 25.2 Å². The predicted octanol–water partition coefficient (Wildman–Crippen LogP) is 2.45. The molecule has 1 atom stereocenters. The molecule has 20 heavy (non-hydrogen) atoms. The summed E-state index contributed by atoms with van der Waals surface area (Å²) in [6.45, 7) is 7.84. The maximum Gasteiger partial charge on any atom is 0.231 e. The zero-order chi connectivity index (χ0) is 14.5. The van der Waals surface area contributed by atoms with Gasteiger partial charge >= 0.3 is 0 Å². The Labute approximate surface area is 119 Å². The number of hydrogen-bond donors (Lipinski definition) is 1. The molecule has 0 saturated heterocycles. The number of fused-ring (bicyclic) bond motifs is 1. The lowest BCUT2D eigenvalue weighted by Crippen LogP contribution is -2.20. The summed E-state index contributed by atoms with van der Waals surface area (Å²) in [5, 5.41) is 12.2. The molecule has 5 nitrogen and oxygen atoms in total. The number of nitrogens with one attached hydrogen (secondary N) is 1. The maximum absolute atomic E-state index is 8.88. The Morgan fingerprint density at radius 3 is 2.65 bits per heavy atom. The molecule has 1 N–H and O–H groups in total. The molecule has 0 bridgehead atoms. The summed E-state index contributed by atoms with van der Waals surface area (Å²) in [5.41, 5.74) is 0.969. The Kier molecular flexibility index (Phi) is 4.70. The second-order valence-electron chi connectivity index (χ2n) is 5.23. The Morgan fingerprint density at radius 1 is 1.30 bits per heavy atom. The largest absolute Gasteiger partial charge is 0.475 e. The summed E-state index contributed by atoms with van der Waals surface area (Å²) in [4.78, 5) is 0. The molecule has 1 aliphatic heterocycles. The van der Waals surface area contributed by atoms with Gasteiger partial charge in [-0.3, -0.25) is 0 Å². The van der Waals surface area contributed by atoms with Gasteiger partial charge < -0.3 is 19.5 Å². The van der Waals surface area contributed by atoms with Crippen LogP contribution in [0.4, 0.5) is 0 Å². The molecule has 1 unspecified atom stereocenters. The lowest BCUT2D eigenvalue weighted by Gasteiger charge is -2.15. The van der Waals surface area contributed by atoms with Crippen LogP contribution in [0.25, 0.3) is 0 Å². The molecule has 0 fully saturated rings. The van der Waals surface area contributed by atoms with Crippen molar-refractivity contribution in [3.63, 3.8) is 0 Å². The summed E-state index contributed by atoms with van der Waals surface area (Å²) in [7, 11) is 0. The van der Waals surface area contributed by atoms with Gasteiger partial charge in [-0.15, -0.1) is 0 Å². The minimum Gasteiger partial charge on any atom is -0.475 e. The summed E-state index contributed by atoms with van der Waals surface area (Å²) in [6, 6.07) is 5.77. The van der Waals surface area contributed by atoms with Crippen LogP contribution in [0.5, 0.6) is 17.2 Å². The van der Waals surface area contributed by atoms with E-state index in [1.807, 2.05) is 6.07 Å². The van der Waals surface area contributed by atoms with Crippen molar-refractivity contribution in [2.45, 2.75) is 33.4 Å². The lowest BCUT2D eigenvalue weighted by atomic mass is 10.1. The topological polar surface area (TPSA) is 63.5 Å². The highest BCUT2D eigenvalue weighted by atomic mass is 16.7. The first-order valence-corrected chi connectivity index (χ1v) is 6.79. The molecular weight excluding hydrogens is 256 g/mol. The van der Waals surface area contributed by atoms with Crippen molar-refractivity contribution >= 4 is 0 Å². The van der Waals surface area contributed by atoms with E-state index in [1.54, 1.807) is 13.0 Å². The average Bonchev–Trinajstić information content (AvgIpc) is 2.85. The third-order valence-electron chi connectivity index (χ3n) is 2.91. The number of hydrogen-bond acceptors (Lipinski definition) is 5. The molecule has 0 saturated carbocycles. The van der Waals surface area contributed by atoms with Gasteiger partial charge in [0.2, 0.25) is 6.79 Å². The summed E-state index contributed by atoms with van der Waals surface area (Å²) in [6.07, 6.45) is -0.501. The molecule has 1 heterocycles. The summed E-state index contributed by atoms with van der Waals surface area (Å²) >= 11 is 0. The standard InChI is InChI=1S/C15H20N2O3/c1-10(2)7-17-8-12-4-14-15(19-9-18-14)5-13(12)20-11(3)6-16/h4-5,10-11,17H,7-9H2,1-3H3. The number of ether oxygens (including phenoxy) is 3. The van der Waals surface area contributed by atoms with Crippen molar-refractivity contribution in [2.75, 3.05) is 13.3 Å². The molecule has 1 aromatic carbocycles. The van der Waals surface area contributed by atoms with E-state index in [0.29, 0.717) is 24.0 Å². The minimum atomic E-state index is -0.501. The smallest absolute Gasteiger partial charge is 0.231 e. The first-order valence-electron chi connectivity index (χ1n) is 6.79. The highest BCUT2D eigenvalue weighted by molar-refractivity contribution is 5.52. The van der Waals surface area contributed by atoms with Crippen LogP contribution in [0.15, 0.2) is 12.1 Å². The first kappa shape index (κ1) is 14.5. The zero-order valence-electron chi connectivity index (χ0n) is 12.1. The van der Waals surface area contributed by atoms with Crippen LogP contribution in [0.3, 0.4) is 0 Å². The van der Waals surface area contributed by atoms with Crippen LogP contribution in [0, 0.1) is 17.2 Å². The van der Waals surface area contributed by atoms with Gasteiger partial charge in [0.05, 0.1) is 0 Å². The second-order valence-corrected chi connectivity index (χ2v) is 5.23. The molecule has 0 radical (unpaired) electrons. The number of nitrogens with zero attached hydrogens (tertiary/aromatic N) is 1. The van der Waals surface area contributed by atoms with E-state index in [1.165, 1.54) is 0 Å². The van der Waals surface area contributed by atoms with Crippen LogP contribution in [-0.2, 0) is 6.54 Å². The zero-order valence-corrected chi connectivity index (χ0v) is 12.1. The van der Waals surface area contributed by atoms with E-state index in [9.17, 15) is 0 Å². The molecule has 2 rings (SSSR count). The Bertz CT molecular complexity index is 509. The highest BCUT2D eigenvalue weighted by Gasteiger charge is 2.19. The van der Waals surface area contributed by atoms with E-state index in [0.717, 1.165) is 17.9 Å². The van der Waals surface area contributed by atoms with E-state index < -0.39 is 6.10 Å². The van der Waals surface area contributed by atoms with Gasteiger partial charge in [-0.25, -0.2) is 0 Å². The summed E-state index contributed by atoms with van der Waals surface area (Å²) < 4.78 is 16.4. The Balaban J connectivity index is 2.16. The predicted molar refractivity (Wildman–Crippen MR) is 74.8 cm³/mol. The Hall–Kier alpha value is -1.93. The average molecular weight is 276 g/mol. The molecular formula is C15H20N2O3. The van der Waals surface area contributed by atoms with E-state index in [-0.39, 0.29) is 6.79 Å². The normalized spacial score (nSPS) is 14.2. The highest BCUT2D eigenvalue weighted by Crippen LogP contribution is 2.38. The SMILES string of the molecule is CC(C)CNCc1cc2c(cc1OC(C)C#N)OCO2. The third kappa shape index (κ3) is 3.55. The van der Waals surface area contributed by atoms with Gasteiger partial charge in [-0.2, -0.15) is 5.26 Å². The fraction of sp³-hybridized carbons (Fsp3) is 0.533. The van der Waals surface area contributed by atoms with Crippen molar-refractivity contribution in [3.8, 4) is 23.3 Å². The van der Waals surface area contributed by atoms with Crippen molar-refractivity contribution in [1.29, 1.82) is 5.26 Å². The lowest BCUT2D eigenvalue weighted by molar-refractivity contribution is 0.173. The van der Waals surface area contributed by atoms with Gasteiger partial charge in [0.15, 0.2) is 17.6 Å². The van der Waals surface area contributed by atoms with Gasteiger partial charge in [-0.05, 0) is 25.5 Å². The van der Waals surface area contributed by atoms with Crippen LogP contribution in [0.2, 0.25) is 0 Å². The third-order valence-corrected chi connectivity index (χ3v) is 2.91. The van der Waals surface area contributed by atoms with Gasteiger partial charge in [-0.1, -0.05) is 13.8 Å². The number of rotatable bonds is 6. The molecule has 1 aromatic rings. The van der Waals surface area contributed by atoms with Crippen LogP contribution in [0.1, 0.15) is 26.3 Å². The minimum absolute atomic E-state index is 0.228. The molecule has 0 aromatic heterocycles. The molecule has 0 aliphatic carbocycles. The van der Waals surface area contributed by atoms with Gasteiger partial charge in [0.25, 0.3) is 0 Å². The number of nitriles is 1. The van der Waals surface area contributed by atoms with Crippen molar-refractivity contribution in [2.24, 2.45) is 5.92 Å². The monoisotopic (exact) mass is 276 g/mol. The van der Waals surface area contributed by atoms with E-state index in [4.69, 9.17) is 19.5 Å². The van der Waals surface area contributed by atoms with Crippen molar-refractivity contribution < 1.29 is 14.2 Å². The van der Waals surface area contributed by atoms with Crippen molar-refractivity contribution in [1.82, 2.24) is 5.32 Å². The van der Waals surface area contributed by atoms with Crippen LogP contribution < -0.4 is 19.5 Å². The number of benzene rings is 1. The molecule has 0 amide bonds. The first-order chi connectivity index (χ1) is 9.60. The van der Waals surface area contributed by atoms with Gasteiger partial charge in [0.1, 0.15) is 11.8 Å². The van der Waals surface area contributed by atoms with Crippen LogP contribution >= 0.6 is 0 Å². The van der Waals surface area contributed by atoms with Crippen LogP contribution in [-0.4, -0.2) is 19.4 Å². The molecule has 108 valence electrons. The molecule has 5 heteroatoms. The van der Waals surface area contributed by atoms with Crippen molar-refractivity contribution in [3.05, 3.63) is 17.7 Å². The summed E-state index contributed by atoms with van der Waals surface area (Å²) in [5.74, 6) is 2.63. The van der Waals surface area contributed by atoms with E-state index >= 15 is 0 Å². The van der Waals surface area contributed by atoms with Gasteiger partial charge in [0, 0.05) is 18.2 Å². The second kappa shape index (κ2) is 6.49. The fourth-order valence-electron chi connectivity index (χ4n) is 1.93.